The Kier molecular flexibility index (Phi) is 5.38. The normalized spacial score (nSPS) is 17.6. The van der Waals surface area contributed by atoms with E-state index in [1.54, 1.807) is 30.3 Å². The van der Waals surface area contributed by atoms with Gasteiger partial charge in [-0.2, -0.15) is 4.31 Å². The Morgan fingerprint density at radius 2 is 1.38 bits per heavy atom. The lowest BCUT2D eigenvalue weighted by Gasteiger charge is -2.34. The number of benzene rings is 3. The van der Waals surface area contributed by atoms with Crippen molar-refractivity contribution in [2.24, 2.45) is 0 Å². The molecule has 10 heteroatoms. The van der Waals surface area contributed by atoms with Gasteiger partial charge in [-0.1, -0.05) is 30.3 Å². The molecule has 0 bridgehead atoms. The van der Waals surface area contributed by atoms with E-state index in [0.717, 1.165) is 0 Å². The van der Waals surface area contributed by atoms with Gasteiger partial charge in [0.2, 0.25) is 19.9 Å². The third-order valence-corrected chi connectivity index (χ3v) is 9.86. The van der Waals surface area contributed by atoms with E-state index in [-0.39, 0.29) is 57.6 Å². The quantitative estimate of drug-likeness (QED) is 0.430. The van der Waals surface area contributed by atoms with Crippen LogP contribution >= 0.6 is 0 Å². The molecule has 0 aliphatic carbocycles. The first kappa shape index (κ1) is 22.5. The summed E-state index contributed by atoms with van der Waals surface area (Å²) in [5.74, 6) is -0.819. The minimum absolute atomic E-state index is 0.0361. The molecule has 2 aliphatic heterocycles. The highest BCUT2D eigenvalue weighted by molar-refractivity contribution is 7.91. The van der Waals surface area contributed by atoms with E-state index in [0.29, 0.717) is 0 Å². The molecule has 0 radical (unpaired) electrons. The second-order valence-corrected chi connectivity index (χ2v) is 11.9. The van der Waals surface area contributed by atoms with Crippen molar-refractivity contribution in [1.82, 2.24) is 9.21 Å². The van der Waals surface area contributed by atoms with Gasteiger partial charge in [0.15, 0.2) is 5.78 Å². The molecule has 2 aliphatic rings. The molecule has 3 aromatic carbocycles. The molecule has 2 heterocycles. The second kappa shape index (κ2) is 8.15. The molecule has 1 amide bonds. The second-order valence-electron chi connectivity index (χ2n) is 8.05. The number of ketones is 1. The summed E-state index contributed by atoms with van der Waals surface area (Å²) in [5, 5.41) is 0. The molecule has 174 valence electrons. The van der Waals surface area contributed by atoms with Gasteiger partial charge in [0.1, 0.15) is 0 Å². The number of amides is 1. The molecule has 34 heavy (non-hydrogen) atoms. The summed E-state index contributed by atoms with van der Waals surface area (Å²) >= 11 is 0. The Balaban J connectivity index is 1.38. The van der Waals surface area contributed by atoms with Gasteiger partial charge in [-0.15, -0.1) is 0 Å². The predicted molar refractivity (Wildman–Crippen MR) is 123 cm³/mol. The summed E-state index contributed by atoms with van der Waals surface area (Å²) < 4.78 is 53.2. The van der Waals surface area contributed by atoms with Gasteiger partial charge in [-0.3, -0.25) is 9.59 Å². The van der Waals surface area contributed by atoms with Crippen molar-refractivity contribution in [1.29, 1.82) is 0 Å². The van der Waals surface area contributed by atoms with Gasteiger partial charge in [0, 0.05) is 42.9 Å². The minimum atomic E-state index is -3.96. The van der Waals surface area contributed by atoms with Gasteiger partial charge < -0.3 is 4.90 Å². The maximum atomic E-state index is 13.1. The minimum Gasteiger partial charge on any atom is -0.336 e. The fourth-order valence-electron chi connectivity index (χ4n) is 4.27. The topological polar surface area (TPSA) is 109 Å². The number of carbonyl (C=O) groups excluding carboxylic acids is 2. The Hall–Kier alpha value is -3.34. The van der Waals surface area contributed by atoms with Gasteiger partial charge in [0.25, 0.3) is 5.91 Å². The van der Waals surface area contributed by atoms with Crippen molar-refractivity contribution in [3.63, 3.8) is 0 Å². The predicted octanol–water partition coefficient (Wildman–Crippen LogP) is 2.21. The van der Waals surface area contributed by atoms with E-state index < -0.39 is 31.6 Å². The molecule has 0 aromatic heterocycles. The van der Waals surface area contributed by atoms with Crippen LogP contribution in [0.3, 0.4) is 0 Å². The average Bonchev–Trinajstić information content (AvgIpc) is 2.87. The lowest BCUT2D eigenvalue weighted by Crippen LogP contribution is -2.50. The average molecular weight is 497 g/mol. The van der Waals surface area contributed by atoms with Crippen LogP contribution in [0, 0.1) is 0 Å². The Bertz CT molecular complexity index is 1520. The summed E-state index contributed by atoms with van der Waals surface area (Å²) in [4.78, 5) is 27.4. The molecule has 0 saturated carbocycles. The van der Waals surface area contributed by atoms with Gasteiger partial charge in [-0.05, 0) is 42.5 Å². The van der Waals surface area contributed by atoms with E-state index in [2.05, 4.69) is 0 Å². The molecule has 1 saturated heterocycles. The monoisotopic (exact) mass is 496 g/mol. The zero-order chi connectivity index (χ0) is 24.1. The molecule has 0 atom stereocenters. The van der Waals surface area contributed by atoms with Crippen LogP contribution < -0.4 is 0 Å². The molecular formula is C24H20N2O6S2. The van der Waals surface area contributed by atoms with Gasteiger partial charge in [0.05, 0.1) is 14.7 Å². The van der Waals surface area contributed by atoms with E-state index in [4.69, 9.17) is 0 Å². The van der Waals surface area contributed by atoms with Crippen LogP contribution in [-0.4, -0.2) is 63.9 Å². The van der Waals surface area contributed by atoms with E-state index >= 15 is 0 Å². The molecule has 8 nitrogen and oxygen atoms in total. The number of fused-ring (bicyclic) bond motifs is 2. The first-order valence-electron chi connectivity index (χ1n) is 10.6. The van der Waals surface area contributed by atoms with E-state index in [1.807, 2.05) is 0 Å². The third kappa shape index (κ3) is 3.54. The zero-order valence-corrected chi connectivity index (χ0v) is 19.6. The fraction of sp³-hybridized carbons (Fsp3) is 0.167. The molecule has 3 aromatic rings. The maximum absolute atomic E-state index is 13.1. The Morgan fingerprint density at radius 3 is 2.09 bits per heavy atom. The zero-order valence-electron chi connectivity index (χ0n) is 17.9. The van der Waals surface area contributed by atoms with Crippen LogP contribution in [0.25, 0.3) is 0 Å². The van der Waals surface area contributed by atoms with Crippen LogP contribution in [-0.2, 0) is 19.9 Å². The molecular weight excluding hydrogens is 476 g/mol. The Labute approximate surface area is 197 Å². The van der Waals surface area contributed by atoms with Crippen LogP contribution in [0.2, 0.25) is 0 Å². The van der Waals surface area contributed by atoms with E-state index in [1.165, 1.54) is 51.7 Å². The number of rotatable bonds is 3. The summed E-state index contributed by atoms with van der Waals surface area (Å²) in [6.07, 6.45) is 0. The summed E-state index contributed by atoms with van der Waals surface area (Å²) in [5.41, 5.74) is 0.285. The smallest absolute Gasteiger partial charge is 0.253 e. The first-order valence-corrected chi connectivity index (χ1v) is 13.5. The third-order valence-electron chi connectivity index (χ3n) is 6.09. The van der Waals surface area contributed by atoms with Crippen LogP contribution in [0.1, 0.15) is 26.3 Å². The highest BCUT2D eigenvalue weighted by Gasteiger charge is 2.36. The first-order chi connectivity index (χ1) is 16.2. The number of carbonyl (C=O) groups is 2. The fourth-order valence-corrected chi connectivity index (χ4v) is 7.39. The number of nitrogens with zero attached hydrogens (tertiary/aromatic N) is 2. The molecule has 0 unspecified atom stereocenters. The van der Waals surface area contributed by atoms with Crippen LogP contribution in [0.5, 0.6) is 0 Å². The number of sulfone groups is 1. The van der Waals surface area contributed by atoms with E-state index in [9.17, 15) is 26.4 Å². The summed E-state index contributed by atoms with van der Waals surface area (Å²) in [7, 11) is -7.62. The molecule has 0 spiro atoms. The van der Waals surface area contributed by atoms with Gasteiger partial charge >= 0.3 is 0 Å². The Morgan fingerprint density at radius 1 is 0.765 bits per heavy atom. The number of hydrogen-bond donors (Lipinski definition) is 0. The van der Waals surface area contributed by atoms with Crippen molar-refractivity contribution in [2.45, 2.75) is 14.7 Å². The lowest BCUT2D eigenvalue weighted by atomic mass is 10.0. The highest BCUT2D eigenvalue weighted by atomic mass is 32.2. The van der Waals surface area contributed by atoms with Crippen molar-refractivity contribution in [3.8, 4) is 0 Å². The van der Waals surface area contributed by atoms with Crippen molar-refractivity contribution < 1.29 is 26.4 Å². The van der Waals surface area contributed by atoms with Crippen LogP contribution in [0.15, 0.2) is 87.5 Å². The maximum Gasteiger partial charge on any atom is 0.253 e. The SMILES string of the molecule is O=C1c2ccccc2S(=O)(=O)c2cc(C(=O)N3CCN(S(=O)(=O)c4ccccc4)CC3)ccc21. The molecule has 0 N–H and O–H groups in total. The van der Waals surface area contributed by atoms with Crippen LogP contribution in [0.4, 0.5) is 0 Å². The molecule has 1 fully saturated rings. The standard InChI is InChI=1S/C24H20N2O6S2/c27-23-19-8-4-5-9-21(19)33(29,30)22-16-17(10-11-20(22)23)24(28)25-12-14-26(15-13-25)34(31,32)18-6-2-1-3-7-18/h1-11,16H,12-15H2. The lowest BCUT2D eigenvalue weighted by molar-refractivity contribution is 0.0697. The van der Waals surface area contributed by atoms with Crippen molar-refractivity contribution >= 4 is 31.6 Å². The number of piperazine rings is 1. The van der Waals surface area contributed by atoms with Gasteiger partial charge in [-0.25, -0.2) is 16.8 Å². The number of hydrogen-bond acceptors (Lipinski definition) is 6. The summed E-state index contributed by atoms with van der Waals surface area (Å²) in [6.45, 7) is 0.573. The van der Waals surface area contributed by atoms with Crippen molar-refractivity contribution in [2.75, 3.05) is 26.2 Å². The van der Waals surface area contributed by atoms with Crippen molar-refractivity contribution in [3.05, 3.63) is 89.5 Å². The highest BCUT2D eigenvalue weighted by Crippen LogP contribution is 2.35. The summed E-state index contributed by atoms with van der Waals surface area (Å²) in [6, 6.07) is 18.2. The molecule has 5 rings (SSSR count). The largest absolute Gasteiger partial charge is 0.336 e. The number of sulfonamides is 1.